The molecule has 0 aliphatic heterocycles. The van der Waals surface area contributed by atoms with Crippen molar-refractivity contribution >= 4 is 33.6 Å². The molecule has 5 aromatic rings. The highest BCUT2D eigenvalue weighted by Gasteiger charge is 2.13. The zero-order chi connectivity index (χ0) is 20.5. The van der Waals surface area contributed by atoms with Crippen LogP contribution in [0, 0.1) is 0 Å². The lowest BCUT2D eigenvalue weighted by Gasteiger charge is -2.00. The molecule has 30 heavy (non-hydrogen) atoms. The Labute approximate surface area is 180 Å². The molecule has 5 rings (SSSR count). The lowest BCUT2D eigenvalue weighted by molar-refractivity contribution is 0.415. The minimum absolute atomic E-state index is 0.347. The van der Waals surface area contributed by atoms with Gasteiger partial charge in [-0.1, -0.05) is 18.2 Å². The van der Waals surface area contributed by atoms with Crippen molar-refractivity contribution < 1.29 is 9.15 Å². The molecule has 0 fully saturated rings. The second kappa shape index (κ2) is 7.85. The molecule has 5 nitrogen and oxygen atoms in total. The van der Waals surface area contributed by atoms with E-state index in [1.165, 1.54) is 11.3 Å². The smallest absolute Gasteiger partial charge is 0.345 e. The average Bonchev–Trinajstić information content (AvgIpc) is 3.43. The van der Waals surface area contributed by atoms with Crippen LogP contribution in [0.2, 0.25) is 0 Å². The van der Waals surface area contributed by atoms with Crippen molar-refractivity contribution in [1.82, 2.24) is 9.97 Å². The van der Waals surface area contributed by atoms with Gasteiger partial charge in [-0.3, -0.25) is 0 Å². The number of ether oxygens (including phenoxy) is 1. The number of para-hydroxylation sites is 1. The van der Waals surface area contributed by atoms with Crippen molar-refractivity contribution in [1.29, 1.82) is 0 Å². The summed E-state index contributed by atoms with van der Waals surface area (Å²) in [5.41, 5.74) is 2.76. The summed E-state index contributed by atoms with van der Waals surface area (Å²) < 4.78 is 10.7. The Kier molecular flexibility index (Phi) is 4.90. The first-order valence-corrected chi connectivity index (χ1v) is 11.0. The lowest BCUT2D eigenvalue weighted by Crippen LogP contribution is -2.01. The number of nitrogens with zero attached hydrogens (tertiary/aromatic N) is 2. The first kappa shape index (κ1) is 18.7. The van der Waals surface area contributed by atoms with Crippen LogP contribution in [0.15, 0.2) is 75.4 Å². The van der Waals surface area contributed by atoms with Gasteiger partial charge in [0.2, 0.25) is 0 Å². The Morgan fingerprint density at radius 1 is 1.07 bits per heavy atom. The number of methoxy groups -OCH3 is 1. The fourth-order valence-electron chi connectivity index (χ4n) is 3.17. The first-order valence-electron chi connectivity index (χ1n) is 9.26. The Hall–Kier alpha value is -3.29. The van der Waals surface area contributed by atoms with Gasteiger partial charge in [0.1, 0.15) is 16.3 Å². The lowest BCUT2D eigenvalue weighted by atomic mass is 10.2. The highest BCUT2D eigenvalue weighted by atomic mass is 32.1. The predicted molar refractivity (Wildman–Crippen MR) is 121 cm³/mol. The summed E-state index contributed by atoms with van der Waals surface area (Å²) in [6.45, 7) is 0. The summed E-state index contributed by atoms with van der Waals surface area (Å²) in [5.74, 6) is 0.822. The van der Waals surface area contributed by atoms with Gasteiger partial charge in [-0.15, -0.1) is 22.7 Å². The van der Waals surface area contributed by atoms with E-state index in [1.807, 2.05) is 53.9 Å². The van der Waals surface area contributed by atoms with Crippen LogP contribution in [0.25, 0.3) is 32.7 Å². The SMILES string of the molecule is COc1ccc(-c2csc(Cc3ncc(-c4cc5ccccc5oc4=O)s3)n2)cc1. The zero-order valence-corrected chi connectivity index (χ0v) is 17.6. The highest BCUT2D eigenvalue weighted by Crippen LogP contribution is 2.29. The maximum atomic E-state index is 12.4. The molecule has 148 valence electrons. The number of hydrogen-bond acceptors (Lipinski definition) is 7. The molecule has 0 saturated carbocycles. The van der Waals surface area contributed by atoms with Crippen molar-refractivity contribution in [3.8, 4) is 27.4 Å². The van der Waals surface area contributed by atoms with E-state index in [0.717, 1.165) is 37.3 Å². The van der Waals surface area contributed by atoms with E-state index in [9.17, 15) is 4.79 Å². The van der Waals surface area contributed by atoms with E-state index < -0.39 is 0 Å². The second-order valence-corrected chi connectivity index (χ2v) is 8.69. The van der Waals surface area contributed by atoms with Crippen LogP contribution in [0.5, 0.6) is 5.75 Å². The molecular formula is C23H16N2O3S2. The normalized spacial score (nSPS) is 11.1. The Balaban J connectivity index is 1.38. The molecule has 0 aliphatic carbocycles. The summed E-state index contributed by atoms with van der Waals surface area (Å²) in [7, 11) is 1.65. The summed E-state index contributed by atoms with van der Waals surface area (Å²) in [4.78, 5) is 22.4. The van der Waals surface area contributed by atoms with Gasteiger partial charge in [-0.25, -0.2) is 14.8 Å². The first-order chi connectivity index (χ1) is 14.7. The van der Waals surface area contributed by atoms with Gasteiger partial charge in [0.15, 0.2) is 0 Å². The van der Waals surface area contributed by atoms with Crippen molar-refractivity contribution in [3.05, 3.63) is 86.6 Å². The number of aromatic nitrogens is 2. The maximum Gasteiger partial charge on any atom is 0.345 e. The predicted octanol–water partition coefficient (Wildman–Crippen LogP) is 5.64. The highest BCUT2D eigenvalue weighted by molar-refractivity contribution is 7.15. The van der Waals surface area contributed by atoms with Crippen LogP contribution >= 0.6 is 22.7 Å². The fourth-order valence-corrected chi connectivity index (χ4v) is 4.99. The van der Waals surface area contributed by atoms with Crippen molar-refractivity contribution in [2.24, 2.45) is 0 Å². The van der Waals surface area contributed by atoms with E-state index in [-0.39, 0.29) is 5.63 Å². The van der Waals surface area contributed by atoms with Gasteiger partial charge in [0.05, 0.1) is 34.7 Å². The van der Waals surface area contributed by atoms with Crippen LogP contribution < -0.4 is 10.4 Å². The Bertz CT molecular complexity index is 1380. The third kappa shape index (κ3) is 3.65. The molecule has 2 aromatic carbocycles. The number of thiazole rings is 2. The second-order valence-electron chi connectivity index (χ2n) is 6.64. The van der Waals surface area contributed by atoms with Crippen LogP contribution in [0.1, 0.15) is 10.0 Å². The molecule has 3 aromatic heterocycles. The van der Waals surface area contributed by atoms with E-state index in [4.69, 9.17) is 14.1 Å². The van der Waals surface area contributed by atoms with Crippen LogP contribution in [0.3, 0.4) is 0 Å². The number of hydrogen-bond donors (Lipinski definition) is 0. The van der Waals surface area contributed by atoms with Gasteiger partial charge in [-0.2, -0.15) is 0 Å². The largest absolute Gasteiger partial charge is 0.497 e. The maximum absolute atomic E-state index is 12.4. The van der Waals surface area contributed by atoms with Gasteiger partial charge >= 0.3 is 5.63 Å². The van der Waals surface area contributed by atoms with E-state index in [1.54, 1.807) is 30.7 Å². The summed E-state index contributed by atoms with van der Waals surface area (Å²) in [5, 5.41) is 4.83. The van der Waals surface area contributed by atoms with Gasteiger partial charge in [0, 0.05) is 22.5 Å². The van der Waals surface area contributed by atoms with Gasteiger partial charge in [-0.05, 0) is 36.4 Å². The Morgan fingerprint density at radius 2 is 1.90 bits per heavy atom. The summed E-state index contributed by atoms with van der Waals surface area (Å²) in [6, 6.07) is 17.2. The number of rotatable bonds is 5. The molecule has 0 spiro atoms. The zero-order valence-electron chi connectivity index (χ0n) is 16.0. The fraction of sp³-hybridized carbons (Fsp3) is 0.0870. The molecule has 7 heteroatoms. The molecule has 0 aliphatic rings. The van der Waals surface area contributed by atoms with Crippen molar-refractivity contribution in [2.45, 2.75) is 6.42 Å². The van der Waals surface area contributed by atoms with Gasteiger partial charge < -0.3 is 9.15 Å². The average molecular weight is 433 g/mol. The van der Waals surface area contributed by atoms with E-state index in [2.05, 4.69) is 4.98 Å². The standard InChI is InChI=1S/C23H16N2O3S2/c1-27-16-8-6-14(7-9-16)18-13-29-22(25-18)11-21-24-12-20(30-21)17-10-15-4-2-3-5-19(15)28-23(17)26/h2-10,12-13H,11H2,1H3. The minimum Gasteiger partial charge on any atom is -0.497 e. The quantitative estimate of drug-likeness (QED) is 0.336. The molecule has 0 radical (unpaired) electrons. The van der Waals surface area contributed by atoms with Crippen molar-refractivity contribution in [3.63, 3.8) is 0 Å². The van der Waals surface area contributed by atoms with Crippen LogP contribution in [0.4, 0.5) is 0 Å². The molecular weight excluding hydrogens is 416 g/mol. The van der Waals surface area contributed by atoms with Crippen LogP contribution in [-0.2, 0) is 6.42 Å². The third-order valence-corrected chi connectivity index (χ3v) is 6.58. The summed E-state index contributed by atoms with van der Waals surface area (Å²) >= 11 is 3.10. The molecule has 0 N–H and O–H groups in total. The molecule has 3 heterocycles. The minimum atomic E-state index is -0.347. The summed E-state index contributed by atoms with van der Waals surface area (Å²) in [6.07, 6.45) is 2.36. The molecule has 0 unspecified atom stereocenters. The molecule has 0 atom stereocenters. The topological polar surface area (TPSA) is 65.2 Å². The van der Waals surface area contributed by atoms with Crippen molar-refractivity contribution in [2.75, 3.05) is 7.11 Å². The van der Waals surface area contributed by atoms with E-state index in [0.29, 0.717) is 17.6 Å². The molecule has 0 bridgehead atoms. The molecule has 0 amide bonds. The van der Waals surface area contributed by atoms with E-state index >= 15 is 0 Å². The molecule has 0 saturated heterocycles. The van der Waals surface area contributed by atoms with Crippen LogP contribution in [-0.4, -0.2) is 17.1 Å². The number of fused-ring (bicyclic) bond motifs is 1. The number of benzene rings is 2. The monoisotopic (exact) mass is 432 g/mol. The Morgan fingerprint density at radius 3 is 2.73 bits per heavy atom. The third-order valence-electron chi connectivity index (χ3n) is 4.70. The van der Waals surface area contributed by atoms with Gasteiger partial charge in [0.25, 0.3) is 0 Å².